The highest BCUT2D eigenvalue weighted by Gasteiger charge is 2.33. The van der Waals surface area contributed by atoms with Crippen LogP contribution in [0.25, 0.3) is 0 Å². The van der Waals surface area contributed by atoms with Crippen molar-refractivity contribution in [1.82, 2.24) is 5.06 Å². The van der Waals surface area contributed by atoms with Gasteiger partial charge in [0, 0.05) is 12.8 Å². The lowest BCUT2D eigenvalue weighted by Gasteiger charge is -2.19. The van der Waals surface area contributed by atoms with Gasteiger partial charge < -0.3 is 9.57 Å². The molecule has 1 heterocycles. The van der Waals surface area contributed by atoms with Gasteiger partial charge >= 0.3 is 5.97 Å². The largest absolute Gasteiger partial charge is 0.373 e. The lowest BCUT2D eigenvalue weighted by atomic mass is 10.0. The van der Waals surface area contributed by atoms with Crippen LogP contribution in [-0.4, -0.2) is 29.0 Å². The van der Waals surface area contributed by atoms with Crippen LogP contribution < -0.4 is 0 Å². The highest BCUT2D eigenvalue weighted by molar-refractivity contribution is 6.01. The normalized spacial score (nSPS) is 14.8. The van der Waals surface area contributed by atoms with E-state index in [4.69, 9.17) is 9.57 Å². The molecule has 0 radical (unpaired) electrons. The summed E-state index contributed by atoms with van der Waals surface area (Å²) in [7, 11) is 0. The molecule has 0 N–H and O–H groups in total. The zero-order chi connectivity index (χ0) is 22.3. The van der Waals surface area contributed by atoms with Crippen LogP contribution in [0.15, 0.2) is 30.3 Å². The van der Waals surface area contributed by atoms with E-state index in [0.717, 1.165) is 24.8 Å². The summed E-state index contributed by atoms with van der Waals surface area (Å²) in [5, 5.41) is 0.606. The predicted octanol–water partition coefficient (Wildman–Crippen LogP) is 5.49. The van der Waals surface area contributed by atoms with Crippen LogP contribution in [0.2, 0.25) is 0 Å². The number of amides is 2. The molecule has 1 atom stereocenters. The molecule has 2 rings (SSSR count). The molecule has 1 aromatic rings. The zero-order valence-corrected chi connectivity index (χ0v) is 18.9. The Hall–Kier alpha value is -2.21. The molecule has 1 aliphatic rings. The fourth-order valence-electron chi connectivity index (χ4n) is 3.70. The highest BCUT2D eigenvalue weighted by Crippen LogP contribution is 2.18. The average molecular weight is 432 g/mol. The highest BCUT2D eigenvalue weighted by atomic mass is 16.7. The summed E-state index contributed by atoms with van der Waals surface area (Å²) in [4.78, 5) is 40.7. The van der Waals surface area contributed by atoms with Crippen molar-refractivity contribution in [2.24, 2.45) is 0 Å². The number of carbonyl (C=O) groups excluding carboxylic acids is 3. The maximum absolute atomic E-state index is 12.3. The third kappa shape index (κ3) is 10.1. The van der Waals surface area contributed by atoms with E-state index in [1.54, 1.807) is 0 Å². The van der Waals surface area contributed by atoms with E-state index in [0.29, 0.717) is 11.7 Å². The molecule has 0 aromatic heterocycles. The number of carbonyl (C=O) groups is 3. The minimum absolute atomic E-state index is 0.0287. The maximum Gasteiger partial charge on any atom is 0.335 e. The van der Waals surface area contributed by atoms with Gasteiger partial charge in [-0.2, -0.15) is 0 Å². The summed E-state index contributed by atoms with van der Waals surface area (Å²) in [5.41, 5.74) is 1.04. The van der Waals surface area contributed by atoms with E-state index in [-0.39, 0.29) is 25.4 Å². The molecule has 1 saturated heterocycles. The number of unbranched alkanes of at least 4 members (excludes halogenated alkanes) is 8. The first kappa shape index (κ1) is 25.1. The molecule has 0 aliphatic carbocycles. The fraction of sp³-hybridized carbons (Fsp3) is 0.640. The van der Waals surface area contributed by atoms with Crippen LogP contribution in [0.1, 0.15) is 96.0 Å². The third-order valence-corrected chi connectivity index (χ3v) is 5.55. The lowest BCUT2D eigenvalue weighted by molar-refractivity contribution is -0.199. The molecule has 1 aliphatic heterocycles. The average Bonchev–Trinajstić information content (AvgIpc) is 3.08. The Morgan fingerprint density at radius 2 is 1.48 bits per heavy atom. The van der Waals surface area contributed by atoms with Crippen molar-refractivity contribution >= 4 is 17.8 Å². The Morgan fingerprint density at radius 1 is 0.903 bits per heavy atom. The van der Waals surface area contributed by atoms with Crippen LogP contribution in [0.3, 0.4) is 0 Å². The Morgan fingerprint density at radius 3 is 2.10 bits per heavy atom. The summed E-state index contributed by atoms with van der Waals surface area (Å²) in [5.74, 6) is -1.52. The number of hydrogen-bond donors (Lipinski definition) is 0. The molecular formula is C25H37NO5. The number of rotatable bonds is 16. The van der Waals surface area contributed by atoms with Crippen molar-refractivity contribution in [3.8, 4) is 0 Å². The first-order valence-corrected chi connectivity index (χ1v) is 11.8. The molecule has 31 heavy (non-hydrogen) atoms. The molecule has 172 valence electrons. The van der Waals surface area contributed by atoms with Gasteiger partial charge in [-0.05, 0) is 12.0 Å². The Labute approximate surface area is 186 Å². The standard InChI is InChI=1S/C25H37NO5/c1-2-3-4-5-6-7-8-9-13-16-22(30-20-21-14-11-10-12-15-21)19-25(29)31-26-23(27)17-18-24(26)28/h10-12,14-15,22H,2-9,13,16-20H2,1H3. The molecule has 2 amide bonds. The molecule has 0 spiro atoms. The Bertz CT molecular complexity index is 660. The number of nitrogens with zero attached hydrogens (tertiary/aromatic N) is 1. The van der Waals surface area contributed by atoms with Gasteiger partial charge in [-0.3, -0.25) is 9.59 Å². The van der Waals surface area contributed by atoms with Gasteiger partial charge in [-0.1, -0.05) is 95.0 Å². The number of hydroxylamine groups is 2. The van der Waals surface area contributed by atoms with E-state index >= 15 is 0 Å². The minimum Gasteiger partial charge on any atom is -0.373 e. The van der Waals surface area contributed by atoms with Crippen LogP contribution >= 0.6 is 0 Å². The van der Waals surface area contributed by atoms with E-state index < -0.39 is 17.8 Å². The summed E-state index contributed by atoms with van der Waals surface area (Å²) in [6.07, 6.45) is 11.7. The SMILES string of the molecule is CCCCCCCCCCCC(CC(=O)ON1C(=O)CCC1=O)OCc1ccccc1. The van der Waals surface area contributed by atoms with Gasteiger partial charge in [0.1, 0.15) is 0 Å². The summed E-state index contributed by atoms with van der Waals surface area (Å²) < 4.78 is 6.00. The van der Waals surface area contributed by atoms with Crippen molar-refractivity contribution in [3.05, 3.63) is 35.9 Å². The van der Waals surface area contributed by atoms with Crippen LogP contribution in [-0.2, 0) is 30.6 Å². The van der Waals surface area contributed by atoms with Gasteiger partial charge in [-0.25, -0.2) is 4.79 Å². The molecule has 1 aromatic carbocycles. The fourth-order valence-corrected chi connectivity index (χ4v) is 3.70. The van der Waals surface area contributed by atoms with Crippen LogP contribution in [0.4, 0.5) is 0 Å². The second kappa shape index (κ2) is 14.7. The maximum atomic E-state index is 12.3. The van der Waals surface area contributed by atoms with Crippen molar-refractivity contribution < 1.29 is 24.0 Å². The smallest absolute Gasteiger partial charge is 0.335 e. The number of imide groups is 1. The molecule has 0 bridgehead atoms. The van der Waals surface area contributed by atoms with E-state index in [9.17, 15) is 14.4 Å². The molecule has 6 heteroatoms. The van der Waals surface area contributed by atoms with Crippen LogP contribution in [0.5, 0.6) is 0 Å². The Balaban J connectivity index is 1.74. The van der Waals surface area contributed by atoms with Gasteiger partial charge in [0.15, 0.2) is 0 Å². The summed E-state index contributed by atoms with van der Waals surface area (Å²) in [6.45, 7) is 2.64. The topological polar surface area (TPSA) is 72.9 Å². The molecule has 1 fully saturated rings. The second-order valence-corrected chi connectivity index (χ2v) is 8.28. The monoisotopic (exact) mass is 431 g/mol. The predicted molar refractivity (Wildman–Crippen MR) is 119 cm³/mol. The van der Waals surface area contributed by atoms with Gasteiger partial charge in [0.2, 0.25) is 0 Å². The van der Waals surface area contributed by atoms with Gasteiger partial charge in [0.05, 0.1) is 19.1 Å². The molecule has 6 nitrogen and oxygen atoms in total. The zero-order valence-electron chi connectivity index (χ0n) is 18.9. The van der Waals surface area contributed by atoms with Crippen LogP contribution in [0, 0.1) is 0 Å². The van der Waals surface area contributed by atoms with Gasteiger partial charge in [-0.15, -0.1) is 5.06 Å². The van der Waals surface area contributed by atoms with E-state index in [1.165, 1.54) is 44.9 Å². The van der Waals surface area contributed by atoms with Crippen molar-refractivity contribution in [2.45, 2.75) is 103 Å². The van der Waals surface area contributed by atoms with Gasteiger partial charge in [0.25, 0.3) is 11.8 Å². The van der Waals surface area contributed by atoms with Crippen molar-refractivity contribution in [3.63, 3.8) is 0 Å². The van der Waals surface area contributed by atoms with E-state index in [1.807, 2.05) is 30.3 Å². The molecule has 1 unspecified atom stereocenters. The van der Waals surface area contributed by atoms with Crippen molar-refractivity contribution in [2.75, 3.05) is 0 Å². The molecule has 0 saturated carbocycles. The summed E-state index contributed by atoms with van der Waals surface area (Å²) in [6, 6.07) is 9.82. The molecular weight excluding hydrogens is 394 g/mol. The minimum atomic E-state index is -0.599. The summed E-state index contributed by atoms with van der Waals surface area (Å²) >= 11 is 0. The first-order chi connectivity index (χ1) is 15.1. The van der Waals surface area contributed by atoms with Crippen molar-refractivity contribution in [1.29, 1.82) is 0 Å². The number of benzene rings is 1. The third-order valence-electron chi connectivity index (χ3n) is 5.55. The first-order valence-electron chi connectivity index (χ1n) is 11.8. The van der Waals surface area contributed by atoms with E-state index in [2.05, 4.69) is 6.92 Å². The number of hydrogen-bond acceptors (Lipinski definition) is 5. The number of ether oxygens (including phenoxy) is 1. The lowest BCUT2D eigenvalue weighted by Crippen LogP contribution is -2.33. The quantitative estimate of drug-likeness (QED) is 0.256. The second-order valence-electron chi connectivity index (χ2n) is 8.28. The Kier molecular flexibility index (Phi) is 11.9.